The first-order valence-electron chi connectivity index (χ1n) is 8.55. The molecule has 3 heterocycles. The van der Waals surface area contributed by atoms with Gasteiger partial charge in [-0.3, -0.25) is 9.59 Å². The number of piperazine rings is 1. The lowest BCUT2D eigenvalue weighted by Gasteiger charge is -2.41. The van der Waals surface area contributed by atoms with Crippen LogP contribution in [0.1, 0.15) is 28.9 Å². The van der Waals surface area contributed by atoms with Gasteiger partial charge in [0.15, 0.2) is 5.65 Å². The molecule has 1 aliphatic rings. The van der Waals surface area contributed by atoms with E-state index in [1.165, 1.54) is 0 Å². The summed E-state index contributed by atoms with van der Waals surface area (Å²) in [5.41, 5.74) is 2.03. The molecular formula is C19H19N5O2. The van der Waals surface area contributed by atoms with Crippen molar-refractivity contribution >= 4 is 17.5 Å². The number of amides is 2. The molecule has 2 amide bonds. The molecule has 1 aliphatic heterocycles. The van der Waals surface area contributed by atoms with Crippen LogP contribution in [0.4, 0.5) is 0 Å². The Bertz CT molecular complexity index is 953. The molecular weight excluding hydrogens is 330 g/mol. The van der Waals surface area contributed by atoms with Gasteiger partial charge in [-0.2, -0.15) is 5.10 Å². The highest BCUT2D eigenvalue weighted by atomic mass is 16.2. The molecule has 4 rings (SSSR count). The largest absolute Gasteiger partial charge is 0.339 e. The molecule has 0 N–H and O–H groups in total. The molecule has 7 heteroatoms. The fourth-order valence-corrected chi connectivity index (χ4v) is 3.41. The number of benzene rings is 1. The summed E-state index contributed by atoms with van der Waals surface area (Å²) >= 11 is 0. The molecule has 1 atom stereocenters. The van der Waals surface area contributed by atoms with Gasteiger partial charge in [0.2, 0.25) is 5.91 Å². The molecule has 0 saturated carbocycles. The number of rotatable bonds is 2. The smallest absolute Gasteiger partial charge is 0.259 e. The first-order chi connectivity index (χ1) is 12.6. The summed E-state index contributed by atoms with van der Waals surface area (Å²) in [6, 6.07) is 11.4. The Morgan fingerprint density at radius 2 is 1.92 bits per heavy atom. The van der Waals surface area contributed by atoms with Gasteiger partial charge in [-0.15, -0.1) is 0 Å². The van der Waals surface area contributed by atoms with Crippen LogP contribution in [0.3, 0.4) is 0 Å². The molecule has 132 valence electrons. The number of nitrogens with zero attached hydrogens (tertiary/aromatic N) is 5. The lowest BCUT2D eigenvalue weighted by molar-refractivity contribution is -0.131. The zero-order valence-corrected chi connectivity index (χ0v) is 14.4. The topological polar surface area (TPSA) is 70.8 Å². The Hall–Kier alpha value is -3.22. The van der Waals surface area contributed by atoms with E-state index < -0.39 is 0 Å². The second kappa shape index (κ2) is 6.59. The first kappa shape index (κ1) is 16.3. The van der Waals surface area contributed by atoms with Crippen molar-refractivity contribution in [1.29, 1.82) is 0 Å². The van der Waals surface area contributed by atoms with Crippen LogP contribution in [0.25, 0.3) is 5.65 Å². The summed E-state index contributed by atoms with van der Waals surface area (Å²) in [5, 5.41) is 4.22. The van der Waals surface area contributed by atoms with Gasteiger partial charge in [0.25, 0.3) is 5.91 Å². The van der Waals surface area contributed by atoms with Gasteiger partial charge in [0.1, 0.15) is 5.56 Å². The van der Waals surface area contributed by atoms with E-state index in [1.807, 2.05) is 35.2 Å². The summed E-state index contributed by atoms with van der Waals surface area (Å²) < 4.78 is 1.59. The van der Waals surface area contributed by atoms with Crippen LogP contribution in [0.15, 0.2) is 55.0 Å². The van der Waals surface area contributed by atoms with Crippen molar-refractivity contribution in [3.63, 3.8) is 0 Å². The monoisotopic (exact) mass is 349 g/mol. The lowest BCUT2D eigenvalue weighted by atomic mass is 10.0. The minimum atomic E-state index is -0.194. The van der Waals surface area contributed by atoms with Crippen LogP contribution in [-0.4, -0.2) is 55.8 Å². The van der Waals surface area contributed by atoms with Gasteiger partial charge in [-0.25, -0.2) is 9.50 Å². The van der Waals surface area contributed by atoms with Gasteiger partial charge in [0.05, 0.1) is 12.2 Å². The van der Waals surface area contributed by atoms with Crippen molar-refractivity contribution in [3.8, 4) is 0 Å². The number of hydrogen-bond donors (Lipinski definition) is 0. The van der Waals surface area contributed by atoms with Gasteiger partial charge in [-0.1, -0.05) is 30.3 Å². The van der Waals surface area contributed by atoms with Crippen LogP contribution >= 0.6 is 0 Å². The minimum absolute atomic E-state index is 0.0238. The summed E-state index contributed by atoms with van der Waals surface area (Å²) in [6.45, 7) is 3.05. The van der Waals surface area contributed by atoms with E-state index in [1.54, 1.807) is 41.0 Å². The van der Waals surface area contributed by atoms with E-state index in [4.69, 9.17) is 0 Å². The van der Waals surface area contributed by atoms with Crippen LogP contribution in [0.5, 0.6) is 0 Å². The molecule has 3 aromatic rings. The Morgan fingerprint density at radius 3 is 2.69 bits per heavy atom. The number of fused-ring (bicyclic) bond motifs is 1. The molecule has 0 spiro atoms. The Balaban J connectivity index is 1.71. The van der Waals surface area contributed by atoms with Crippen molar-refractivity contribution in [2.75, 3.05) is 19.6 Å². The average molecular weight is 349 g/mol. The first-order valence-corrected chi connectivity index (χ1v) is 8.55. The van der Waals surface area contributed by atoms with Crippen LogP contribution in [0.2, 0.25) is 0 Å². The highest BCUT2D eigenvalue weighted by Gasteiger charge is 2.34. The second-order valence-corrected chi connectivity index (χ2v) is 6.34. The van der Waals surface area contributed by atoms with Crippen molar-refractivity contribution < 1.29 is 9.59 Å². The summed E-state index contributed by atoms with van der Waals surface area (Å²) in [4.78, 5) is 33.0. The van der Waals surface area contributed by atoms with Gasteiger partial charge in [-0.05, 0) is 11.6 Å². The Labute approximate surface area is 150 Å². The molecule has 2 aromatic heterocycles. The lowest BCUT2D eigenvalue weighted by Crippen LogP contribution is -2.51. The Kier molecular flexibility index (Phi) is 4.12. The fourth-order valence-electron chi connectivity index (χ4n) is 3.41. The third kappa shape index (κ3) is 2.81. The number of aromatic nitrogens is 3. The van der Waals surface area contributed by atoms with Gasteiger partial charge < -0.3 is 9.80 Å². The highest BCUT2D eigenvalue weighted by molar-refractivity contribution is 6.00. The zero-order valence-electron chi connectivity index (χ0n) is 14.4. The van der Waals surface area contributed by atoms with E-state index in [9.17, 15) is 9.59 Å². The molecule has 1 aromatic carbocycles. The third-order valence-electron chi connectivity index (χ3n) is 4.78. The molecule has 7 nitrogen and oxygen atoms in total. The van der Waals surface area contributed by atoms with Crippen LogP contribution in [0, 0.1) is 0 Å². The Morgan fingerprint density at radius 1 is 1.12 bits per heavy atom. The van der Waals surface area contributed by atoms with Gasteiger partial charge in [0, 0.05) is 39.0 Å². The molecule has 0 aliphatic carbocycles. The molecule has 26 heavy (non-hydrogen) atoms. The zero-order chi connectivity index (χ0) is 18.1. The number of hydrogen-bond acceptors (Lipinski definition) is 4. The third-order valence-corrected chi connectivity index (χ3v) is 4.78. The summed E-state index contributed by atoms with van der Waals surface area (Å²) in [7, 11) is 0. The predicted molar refractivity (Wildman–Crippen MR) is 95.5 cm³/mol. The normalized spacial score (nSPS) is 17.5. The van der Waals surface area contributed by atoms with E-state index in [0.717, 1.165) is 5.56 Å². The number of carbonyl (C=O) groups is 2. The van der Waals surface area contributed by atoms with Crippen molar-refractivity contribution in [3.05, 3.63) is 66.1 Å². The highest BCUT2D eigenvalue weighted by Crippen LogP contribution is 2.27. The maximum absolute atomic E-state index is 13.3. The maximum Gasteiger partial charge on any atom is 0.259 e. The predicted octanol–water partition coefficient (Wildman–Crippen LogP) is 1.77. The standard InChI is InChI=1S/C19H19N5O2/c1-14(25)22-10-11-23(17(13-22)15-6-3-2-4-7-15)19(26)16-12-21-24-9-5-8-20-18(16)24/h2-9,12,17H,10-11,13H2,1H3/t17-/m0/s1. The summed E-state index contributed by atoms with van der Waals surface area (Å²) in [5.74, 6) is -0.0913. The summed E-state index contributed by atoms with van der Waals surface area (Å²) in [6.07, 6.45) is 4.97. The average Bonchev–Trinajstić information content (AvgIpc) is 3.12. The molecule has 1 fully saturated rings. The molecule has 0 bridgehead atoms. The second-order valence-electron chi connectivity index (χ2n) is 6.34. The maximum atomic E-state index is 13.3. The molecule has 0 unspecified atom stereocenters. The van der Waals surface area contributed by atoms with E-state index >= 15 is 0 Å². The SMILES string of the molecule is CC(=O)N1CCN(C(=O)c2cnn3cccnc23)[C@H](c2ccccc2)C1. The van der Waals surface area contributed by atoms with E-state index in [-0.39, 0.29) is 17.9 Å². The minimum Gasteiger partial charge on any atom is -0.339 e. The van der Waals surface area contributed by atoms with Crippen molar-refractivity contribution in [1.82, 2.24) is 24.4 Å². The van der Waals surface area contributed by atoms with Crippen molar-refractivity contribution in [2.24, 2.45) is 0 Å². The van der Waals surface area contributed by atoms with Crippen LogP contribution < -0.4 is 0 Å². The van der Waals surface area contributed by atoms with E-state index in [0.29, 0.717) is 30.8 Å². The fraction of sp³-hybridized carbons (Fsp3) is 0.263. The number of carbonyl (C=O) groups excluding carboxylic acids is 2. The van der Waals surface area contributed by atoms with E-state index in [2.05, 4.69) is 10.1 Å². The molecule has 0 radical (unpaired) electrons. The van der Waals surface area contributed by atoms with Crippen LogP contribution in [-0.2, 0) is 4.79 Å². The van der Waals surface area contributed by atoms with Gasteiger partial charge >= 0.3 is 0 Å². The quantitative estimate of drug-likeness (QED) is 0.707. The molecule has 1 saturated heterocycles. The van der Waals surface area contributed by atoms with Crippen molar-refractivity contribution in [2.45, 2.75) is 13.0 Å².